The van der Waals surface area contributed by atoms with E-state index in [1.165, 1.54) is 11.1 Å². The molecule has 0 amide bonds. The van der Waals surface area contributed by atoms with Crippen molar-refractivity contribution in [2.24, 2.45) is 0 Å². The van der Waals surface area contributed by atoms with Gasteiger partial charge in [-0.1, -0.05) is 36.4 Å². The molecule has 4 heteroatoms. The minimum Gasteiger partial charge on any atom is -0.490 e. The molecule has 0 bridgehead atoms. The van der Waals surface area contributed by atoms with Crippen molar-refractivity contribution in [3.63, 3.8) is 0 Å². The molecule has 2 N–H and O–H groups in total. The minimum atomic E-state index is 0.168. The summed E-state index contributed by atoms with van der Waals surface area (Å²) in [6.07, 6.45) is 2.59. The molecule has 1 aliphatic rings. The summed E-state index contributed by atoms with van der Waals surface area (Å²) in [4.78, 5) is 0. The molecule has 25 heavy (non-hydrogen) atoms. The fourth-order valence-corrected chi connectivity index (χ4v) is 3.17. The zero-order valence-electron chi connectivity index (χ0n) is 14.8. The number of nitrogens with one attached hydrogen (secondary N) is 1. The summed E-state index contributed by atoms with van der Waals surface area (Å²) < 4.78 is 11.5. The molecule has 2 aromatic rings. The van der Waals surface area contributed by atoms with Gasteiger partial charge >= 0.3 is 0 Å². The number of fused-ring (bicyclic) bond motifs is 1. The van der Waals surface area contributed by atoms with E-state index < -0.39 is 0 Å². The van der Waals surface area contributed by atoms with Gasteiger partial charge in [0.15, 0.2) is 11.5 Å². The van der Waals surface area contributed by atoms with E-state index in [0.29, 0.717) is 13.2 Å². The van der Waals surface area contributed by atoms with Crippen molar-refractivity contribution in [1.29, 1.82) is 0 Å². The molecule has 0 radical (unpaired) electrons. The van der Waals surface area contributed by atoms with Crippen molar-refractivity contribution in [3.05, 3.63) is 59.7 Å². The molecular formula is C21H27NO3. The van der Waals surface area contributed by atoms with Crippen LogP contribution in [0.1, 0.15) is 49.4 Å². The second-order valence-electron chi connectivity index (χ2n) is 6.47. The Kier molecular flexibility index (Phi) is 6.31. The number of rotatable bonds is 7. The van der Waals surface area contributed by atoms with E-state index in [1.807, 2.05) is 12.1 Å². The minimum absolute atomic E-state index is 0.168. The Balaban J connectivity index is 1.74. The lowest BCUT2D eigenvalue weighted by atomic mass is 9.99. The van der Waals surface area contributed by atoms with E-state index in [0.717, 1.165) is 30.8 Å². The molecule has 0 saturated carbocycles. The van der Waals surface area contributed by atoms with Gasteiger partial charge in [0.25, 0.3) is 0 Å². The predicted molar refractivity (Wildman–Crippen MR) is 99.1 cm³/mol. The molecule has 0 aliphatic carbocycles. The van der Waals surface area contributed by atoms with Crippen LogP contribution in [0, 0.1) is 0 Å². The number of hydrogen-bond donors (Lipinski definition) is 2. The van der Waals surface area contributed by atoms with Gasteiger partial charge in [0.05, 0.1) is 13.2 Å². The third-order valence-corrected chi connectivity index (χ3v) is 4.58. The number of aliphatic hydroxyl groups excluding tert-OH is 1. The van der Waals surface area contributed by atoms with Gasteiger partial charge in [-0.3, -0.25) is 0 Å². The first kappa shape index (κ1) is 17.8. The molecule has 0 saturated heterocycles. The van der Waals surface area contributed by atoms with Gasteiger partial charge < -0.3 is 19.9 Å². The Hall–Kier alpha value is -2.04. The van der Waals surface area contributed by atoms with Crippen LogP contribution < -0.4 is 14.8 Å². The van der Waals surface area contributed by atoms with E-state index in [1.54, 1.807) is 0 Å². The van der Waals surface area contributed by atoms with E-state index in [4.69, 9.17) is 9.47 Å². The van der Waals surface area contributed by atoms with Crippen molar-refractivity contribution >= 4 is 0 Å². The largest absolute Gasteiger partial charge is 0.490 e. The highest BCUT2D eigenvalue weighted by Gasteiger charge is 2.17. The van der Waals surface area contributed by atoms with Crippen molar-refractivity contribution < 1.29 is 14.6 Å². The second-order valence-corrected chi connectivity index (χ2v) is 6.47. The third kappa shape index (κ3) is 4.74. The highest BCUT2D eigenvalue weighted by molar-refractivity contribution is 5.44. The smallest absolute Gasteiger partial charge is 0.161 e. The molecule has 134 valence electrons. The van der Waals surface area contributed by atoms with Gasteiger partial charge in [-0.2, -0.15) is 0 Å². The van der Waals surface area contributed by atoms with Gasteiger partial charge in [0, 0.05) is 25.1 Å². The van der Waals surface area contributed by atoms with E-state index in [9.17, 15) is 5.11 Å². The molecule has 2 atom stereocenters. The van der Waals surface area contributed by atoms with Crippen LogP contribution in [0.2, 0.25) is 0 Å². The van der Waals surface area contributed by atoms with Gasteiger partial charge in [0.1, 0.15) is 0 Å². The summed E-state index contributed by atoms with van der Waals surface area (Å²) in [6, 6.07) is 17.0. The Bertz CT molecular complexity index is 659. The van der Waals surface area contributed by atoms with E-state index in [2.05, 4.69) is 48.6 Å². The van der Waals surface area contributed by atoms with Gasteiger partial charge in [-0.25, -0.2) is 0 Å². The van der Waals surface area contributed by atoms with E-state index >= 15 is 0 Å². The first-order chi connectivity index (χ1) is 12.3. The summed E-state index contributed by atoms with van der Waals surface area (Å²) in [5, 5.41) is 12.9. The van der Waals surface area contributed by atoms with Crippen molar-refractivity contribution in [3.8, 4) is 11.5 Å². The molecule has 2 aromatic carbocycles. The molecule has 4 nitrogen and oxygen atoms in total. The van der Waals surface area contributed by atoms with Crippen molar-refractivity contribution in [2.45, 2.75) is 38.3 Å². The highest BCUT2D eigenvalue weighted by atomic mass is 16.5. The highest BCUT2D eigenvalue weighted by Crippen LogP contribution is 2.33. The Morgan fingerprint density at radius 2 is 1.76 bits per heavy atom. The SMILES string of the molecule is CC(NC(CCCO)c1ccccc1)c1ccc2c(c1)OCCCO2. The first-order valence-electron chi connectivity index (χ1n) is 9.09. The third-order valence-electron chi connectivity index (χ3n) is 4.58. The predicted octanol–water partition coefficient (Wildman–Crippen LogP) is 4.01. The maximum atomic E-state index is 9.21. The summed E-state index contributed by atoms with van der Waals surface area (Å²) in [5.74, 6) is 1.66. The zero-order chi connectivity index (χ0) is 17.5. The van der Waals surface area contributed by atoms with Gasteiger partial charge in [-0.15, -0.1) is 0 Å². The lowest BCUT2D eigenvalue weighted by Gasteiger charge is -2.24. The molecule has 0 spiro atoms. The van der Waals surface area contributed by atoms with Crippen LogP contribution in [0.5, 0.6) is 11.5 Å². The summed E-state index contributed by atoms with van der Waals surface area (Å²) in [6.45, 7) is 3.77. The van der Waals surface area contributed by atoms with Crippen LogP contribution in [0.4, 0.5) is 0 Å². The molecular weight excluding hydrogens is 314 g/mol. The monoisotopic (exact) mass is 341 g/mol. The lowest BCUT2D eigenvalue weighted by molar-refractivity contribution is 0.272. The molecule has 1 aliphatic heterocycles. The molecule has 2 unspecified atom stereocenters. The number of aliphatic hydroxyl groups is 1. The lowest BCUT2D eigenvalue weighted by Crippen LogP contribution is -2.25. The summed E-state index contributed by atoms with van der Waals surface area (Å²) >= 11 is 0. The van der Waals surface area contributed by atoms with Crippen LogP contribution >= 0.6 is 0 Å². The Morgan fingerprint density at radius 1 is 1.00 bits per heavy atom. The Morgan fingerprint density at radius 3 is 2.52 bits per heavy atom. The van der Waals surface area contributed by atoms with Crippen LogP contribution in [0.25, 0.3) is 0 Å². The molecule has 0 aromatic heterocycles. The van der Waals surface area contributed by atoms with Crippen molar-refractivity contribution in [1.82, 2.24) is 5.32 Å². The maximum Gasteiger partial charge on any atom is 0.161 e. The first-order valence-corrected chi connectivity index (χ1v) is 9.09. The van der Waals surface area contributed by atoms with Crippen LogP contribution in [0.3, 0.4) is 0 Å². The van der Waals surface area contributed by atoms with Crippen molar-refractivity contribution in [2.75, 3.05) is 19.8 Å². The number of benzene rings is 2. The maximum absolute atomic E-state index is 9.21. The molecule has 1 heterocycles. The van der Waals surface area contributed by atoms with Gasteiger partial charge in [-0.05, 0) is 43.0 Å². The second kappa shape index (κ2) is 8.88. The quantitative estimate of drug-likeness (QED) is 0.799. The van der Waals surface area contributed by atoms with Crippen LogP contribution in [-0.4, -0.2) is 24.9 Å². The topological polar surface area (TPSA) is 50.7 Å². The summed E-state index contributed by atoms with van der Waals surface area (Å²) in [5.41, 5.74) is 2.42. The average Bonchev–Trinajstić information content (AvgIpc) is 2.90. The average molecular weight is 341 g/mol. The standard InChI is InChI=1S/C21H27NO3/c1-16(18-10-11-20-21(15-18)25-14-6-13-24-20)22-19(9-5-12-23)17-7-3-2-4-8-17/h2-4,7-8,10-11,15-16,19,22-23H,5-6,9,12-14H2,1H3. The number of ether oxygens (including phenoxy) is 2. The molecule has 0 fully saturated rings. The van der Waals surface area contributed by atoms with E-state index in [-0.39, 0.29) is 18.7 Å². The van der Waals surface area contributed by atoms with Gasteiger partial charge in [0.2, 0.25) is 0 Å². The fraction of sp³-hybridized carbons (Fsp3) is 0.429. The van der Waals surface area contributed by atoms with Crippen LogP contribution in [0.15, 0.2) is 48.5 Å². The summed E-state index contributed by atoms with van der Waals surface area (Å²) in [7, 11) is 0. The van der Waals surface area contributed by atoms with Crippen LogP contribution in [-0.2, 0) is 0 Å². The zero-order valence-corrected chi connectivity index (χ0v) is 14.8. The molecule has 3 rings (SSSR count). The Labute approximate surface area is 149 Å². The fourth-order valence-electron chi connectivity index (χ4n) is 3.17. The normalized spacial score (nSPS) is 16.1. The number of hydrogen-bond acceptors (Lipinski definition) is 4.